The molecule has 7 nitrogen and oxygen atoms in total. The largest absolute Gasteiger partial charge is 0.472 e. The second kappa shape index (κ2) is 6.95. The molecule has 3 aromatic rings. The molecule has 4 heterocycles. The molecule has 1 aliphatic rings. The quantitative estimate of drug-likeness (QED) is 0.723. The third kappa shape index (κ3) is 3.15. The van der Waals surface area contributed by atoms with Crippen molar-refractivity contribution in [1.82, 2.24) is 19.9 Å². The molecule has 0 atom stereocenters. The first kappa shape index (κ1) is 16.3. The summed E-state index contributed by atoms with van der Waals surface area (Å²) in [6.07, 6.45) is 8.67. The number of carbonyl (C=O) groups is 1. The van der Waals surface area contributed by atoms with Crippen molar-refractivity contribution in [2.75, 3.05) is 31.1 Å². The molecule has 0 spiro atoms. The Morgan fingerprint density at radius 1 is 1.08 bits per heavy atom. The highest BCUT2D eigenvalue weighted by Gasteiger charge is 2.22. The van der Waals surface area contributed by atoms with Gasteiger partial charge in [-0.2, -0.15) is 0 Å². The summed E-state index contributed by atoms with van der Waals surface area (Å²) in [6.45, 7) is 4.42. The van der Waals surface area contributed by atoms with Crippen molar-refractivity contribution in [2.24, 2.45) is 0 Å². The topological polar surface area (TPSA) is 75.4 Å². The zero-order chi connectivity index (χ0) is 17.9. The van der Waals surface area contributed by atoms with Gasteiger partial charge in [-0.25, -0.2) is 9.97 Å². The molecule has 132 valence electrons. The molecule has 0 aromatic carbocycles. The van der Waals surface area contributed by atoms with Gasteiger partial charge in [-0.1, -0.05) is 0 Å². The van der Waals surface area contributed by atoms with Gasteiger partial charge in [0.25, 0.3) is 0 Å². The third-order valence-corrected chi connectivity index (χ3v) is 4.57. The maximum atomic E-state index is 11.5. The zero-order valence-electron chi connectivity index (χ0n) is 14.5. The van der Waals surface area contributed by atoms with Crippen LogP contribution in [0.3, 0.4) is 0 Å². The van der Waals surface area contributed by atoms with Crippen molar-refractivity contribution in [3.05, 3.63) is 49.3 Å². The maximum Gasteiger partial charge on any atom is 0.226 e. The van der Waals surface area contributed by atoms with Gasteiger partial charge in [0.05, 0.1) is 18.2 Å². The molecular formula is C19H19N5O2. The van der Waals surface area contributed by atoms with E-state index >= 15 is 0 Å². The van der Waals surface area contributed by atoms with Gasteiger partial charge in [0, 0.05) is 62.8 Å². The molecular weight excluding hydrogens is 330 g/mol. The summed E-state index contributed by atoms with van der Waals surface area (Å²) in [5, 5.41) is 0. The molecule has 4 rings (SSSR count). The number of anilines is 1. The summed E-state index contributed by atoms with van der Waals surface area (Å²) in [6, 6.07) is 5.77. The average Bonchev–Trinajstić information content (AvgIpc) is 3.23. The van der Waals surface area contributed by atoms with Crippen LogP contribution in [0.2, 0.25) is 0 Å². The predicted octanol–water partition coefficient (Wildman–Crippen LogP) is 2.47. The molecule has 0 aliphatic carbocycles. The Hall–Kier alpha value is -3.22. The fraction of sp³-hybridized carbons (Fsp3) is 0.263. The summed E-state index contributed by atoms with van der Waals surface area (Å²) < 4.78 is 5.26. The van der Waals surface area contributed by atoms with Gasteiger partial charge in [0.2, 0.25) is 11.9 Å². The minimum absolute atomic E-state index is 0.109. The maximum absolute atomic E-state index is 11.5. The van der Waals surface area contributed by atoms with Crippen molar-refractivity contribution >= 4 is 11.9 Å². The number of pyridine rings is 1. The molecule has 7 heteroatoms. The summed E-state index contributed by atoms with van der Waals surface area (Å²) >= 11 is 0. The second-order valence-corrected chi connectivity index (χ2v) is 6.17. The van der Waals surface area contributed by atoms with E-state index in [4.69, 9.17) is 9.40 Å². The highest BCUT2D eigenvalue weighted by Crippen LogP contribution is 2.31. The Labute approximate surface area is 151 Å². The van der Waals surface area contributed by atoms with E-state index in [-0.39, 0.29) is 5.91 Å². The minimum Gasteiger partial charge on any atom is -0.472 e. The van der Waals surface area contributed by atoms with Crippen LogP contribution in [0.4, 0.5) is 5.95 Å². The molecule has 1 amide bonds. The van der Waals surface area contributed by atoms with Crippen LogP contribution in [0.5, 0.6) is 0 Å². The first-order valence-corrected chi connectivity index (χ1v) is 8.53. The van der Waals surface area contributed by atoms with Crippen LogP contribution in [0.15, 0.2) is 53.7 Å². The number of hydrogen-bond acceptors (Lipinski definition) is 6. The number of piperazine rings is 1. The van der Waals surface area contributed by atoms with E-state index in [9.17, 15) is 4.79 Å². The van der Waals surface area contributed by atoms with Crippen LogP contribution in [0, 0.1) is 0 Å². The third-order valence-electron chi connectivity index (χ3n) is 4.57. The highest BCUT2D eigenvalue weighted by atomic mass is 16.3. The first-order chi connectivity index (χ1) is 12.7. The van der Waals surface area contributed by atoms with Crippen LogP contribution >= 0.6 is 0 Å². The molecule has 0 unspecified atom stereocenters. The molecule has 3 aromatic heterocycles. The Balaban J connectivity index is 1.68. The predicted molar refractivity (Wildman–Crippen MR) is 97.4 cm³/mol. The van der Waals surface area contributed by atoms with E-state index in [1.54, 1.807) is 31.8 Å². The molecule has 26 heavy (non-hydrogen) atoms. The van der Waals surface area contributed by atoms with Crippen molar-refractivity contribution in [2.45, 2.75) is 6.92 Å². The van der Waals surface area contributed by atoms with E-state index in [1.165, 1.54) is 0 Å². The average molecular weight is 349 g/mol. The van der Waals surface area contributed by atoms with E-state index in [1.807, 2.05) is 29.3 Å². The fourth-order valence-electron chi connectivity index (χ4n) is 3.11. The fourth-order valence-corrected chi connectivity index (χ4v) is 3.11. The molecule has 1 saturated heterocycles. The molecule has 0 saturated carbocycles. The van der Waals surface area contributed by atoms with Gasteiger partial charge >= 0.3 is 0 Å². The monoisotopic (exact) mass is 349 g/mol. The lowest BCUT2D eigenvalue weighted by atomic mass is 10.0. The van der Waals surface area contributed by atoms with Crippen molar-refractivity contribution < 1.29 is 9.21 Å². The number of furan rings is 1. The lowest BCUT2D eigenvalue weighted by Gasteiger charge is -2.34. The van der Waals surface area contributed by atoms with Crippen LogP contribution < -0.4 is 4.90 Å². The van der Waals surface area contributed by atoms with E-state index in [0.717, 1.165) is 35.5 Å². The SMILES string of the molecule is CC(=O)N1CCN(c2ncc(-c3ccncc3)c(-c3ccoc3)n2)CC1. The van der Waals surface area contributed by atoms with Gasteiger partial charge < -0.3 is 14.2 Å². The Morgan fingerprint density at radius 2 is 1.85 bits per heavy atom. The standard InChI is InChI=1S/C19H19N5O2/c1-14(25)23-7-9-24(10-8-23)19-21-12-17(15-2-5-20-6-3-15)18(22-19)16-4-11-26-13-16/h2-6,11-13H,7-10H2,1H3. The normalized spacial score (nSPS) is 14.5. The highest BCUT2D eigenvalue weighted by molar-refractivity contribution is 5.80. The van der Waals surface area contributed by atoms with Gasteiger partial charge in [-0.05, 0) is 23.8 Å². The molecule has 0 N–H and O–H groups in total. The Bertz CT molecular complexity index is 888. The summed E-state index contributed by atoms with van der Waals surface area (Å²) in [5.41, 5.74) is 3.66. The van der Waals surface area contributed by atoms with Crippen molar-refractivity contribution in [3.8, 4) is 22.4 Å². The number of rotatable bonds is 3. The number of nitrogens with zero attached hydrogens (tertiary/aromatic N) is 5. The van der Waals surface area contributed by atoms with Crippen molar-refractivity contribution in [1.29, 1.82) is 0 Å². The van der Waals surface area contributed by atoms with Crippen LogP contribution in [-0.2, 0) is 4.79 Å². The number of amides is 1. The van der Waals surface area contributed by atoms with Gasteiger partial charge in [0.15, 0.2) is 0 Å². The number of hydrogen-bond donors (Lipinski definition) is 0. The lowest BCUT2D eigenvalue weighted by Crippen LogP contribution is -2.48. The van der Waals surface area contributed by atoms with Crippen LogP contribution in [-0.4, -0.2) is 51.9 Å². The number of aromatic nitrogens is 3. The molecule has 1 fully saturated rings. The number of carbonyl (C=O) groups excluding carboxylic acids is 1. The van der Waals surface area contributed by atoms with Gasteiger partial charge in [-0.3, -0.25) is 9.78 Å². The Morgan fingerprint density at radius 3 is 2.50 bits per heavy atom. The smallest absolute Gasteiger partial charge is 0.226 e. The van der Waals surface area contributed by atoms with Crippen molar-refractivity contribution in [3.63, 3.8) is 0 Å². The minimum atomic E-state index is 0.109. The van der Waals surface area contributed by atoms with E-state index in [0.29, 0.717) is 19.0 Å². The molecule has 1 aliphatic heterocycles. The molecule has 0 radical (unpaired) electrons. The van der Waals surface area contributed by atoms with Gasteiger partial charge in [0.1, 0.15) is 0 Å². The lowest BCUT2D eigenvalue weighted by molar-refractivity contribution is -0.129. The van der Waals surface area contributed by atoms with E-state index in [2.05, 4.69) is 14.9 Å². The Kier molecular flexibility index (Phi) is 4.35. The van der Waals surface area contributed by atoms with E-state index < -0.39 is 0 Å². The zero-order valence-corrected chi connectivity index (χ0v) is 14.5. The summed E-state index contributed by atoms with van der Waals surface area (Å²) in [4.78, 5) is 28.9. The summed E-state index contributed by atoms with van der Waals surface area (Å²) in [7, 11) is 0. The van der Waals surface area contributed by atoms with Crippen LogP contribution in [0.25, 0.3) is 22.4 Å². The summed E-state index contributed by atoms with van der Waals surface area (Å²) in [5.74, 6) is 0.778. The van der Waals surface area contributed by atoms with Gasteiger partial charge in [-0.15, -0.1) is 0 Å². The first-order valence-electron chi connectivity index (χ1n) is 8.53. The molecule has 0 bridgehead atoms. The van der Waals surface area contributed by atoms with Crippen LogP contribution in [0.1, 0.15) is 6.92 Å². The second-order valence-electron chi connectivity index (χ2n) is 6.17.